The Hall–Kier alpha value is -1.06. The molecule has 1 unspecified atom stereocenters. The molecule has 1 aromatic carbocycles. The molecule has 17 heavy (non-hydrogen) atoms. The van der Waals surface area contributed by atoms with Gasteiger partial charge in [-0.3, -0.25) is 0 Å². The van der Waals surface area contributed by atoms with Gasteiger partial charge in [0.1, 0.15) is 5.75 Å². The molecule has 0 radical (unpaired) electrons. The lowest BCUT2D eigenvalue weighted by Gasteiger charge is -2.23. The Balaban J connectivity index is 2.18. The number of aliphatic hydroxyl groups excluding tert-OH is 1. The molecule has 0 aliphatic heterocycles. The molecule has 3 nitrogen and oxygen atoms in total. The molecular formula is C14H21NO2. The first-order valence-electron chi connectivity index (χ1n) is 6.43. The zero-order valence-electron chi connectivity index (χ0n) is 10.1. The van der Waals surface area contributed by atoms with E-state index in [9.17, 15) is 10.2 Å². The Bertz CT molecular complexity index is 372. The quantitative estimate of drug-likeness (QED) is 0.753. The topological polar surface area (TPSA) is 66.5 Å². The van der Waals surface area contributed by atoms with E-state index in [2.05, 4.69) is 0 Å². The van der Waals surface area contributed by atoms with E-state index in [1.165, 1.54) is 19.3 Å². The predicted octanol–water partition coefficient (Wildman–Crippen LogP) is 2.43. The average molecular weight is 235 g/mol. The van der Waals surface area contributed by atoms with Gasteiger partial charge in [-0.05, 0) is 36.0 Å². The number of aliphatic hydroxyl groups is 1. The molecular weight excluding hydrogens is 214 g/mol. The molecule has 1 fully saturated rings. The van der Waals surface area contributed by atoms with Crippen molar-refractivity contribution in [3.05, 3.63) is 29.3 Å². The molecule has 1 atom stereocenters. The second-order valence-electron chi connectivity index (χ2n) is 4.90. The van der Waals surface area contributed by atoms with Crippen LogP contribution in [0.3, 0.4) is 0 Å². The minimum atomic E-state index is -0.679. The van der Waals surface area contributed by atoms with Crippen molar-refractivity contribution in [2.75, 3.05) is 6.54 Å². The predicted molar refractivity (Wildman–Crippen MR) is 67.9 cm³/mol. The van der Waals surface area contributed by atoms with Crippen LogP contribution in [-0.2, 0) is 0 Å². The largest absolute Gasteiger partial charge is 0.508 e. The van der Waals surface area contributed by atoms with E-state index >= 15 is 0 Å². The van der Waals surface area contributed by atoms with Gasteiger partial charge in [-0.15, -0.1) is 0 Å². The minimum Gasteiger partial charge on any atom is -0.508 e. The van der Waals surface area contributed by atoms with Crippen molar-refractivity contribution in [1.82, 2.24) is 0 Å². The Labute approximate surface area is 102 Å². The van der Waals surface area contributed by atoms with Crippen molar-refractivity contribution in [3.63, 3.8) is 0 Å². The SMILES string of the molecule is NCC(O)c1ccc(C2CCCCC2)c(O)c1. The summed E-state index contributed by atoms with van der Waals surface area (Å²) in [5, 5.41) is 19.7. The maximum absolute atomic E-state index is 10.0. The number of phenolic OH excluding ortho intramolecular Hbond substituents is 1. The molecule has 0 saturated heterocycles. The fourth-order valence-corrected chi connectivity index (χ4v) is 2.66. The lowest BCUT2D eigenvalue weighted by molar-refractivity contribution is 0.186. The summed E-state index contributed by atoms with van der Waals surface area (Å²) in [5.74, 6) is 0.787. The monoisotopic (exact) mass is 235 g/mol. The van der Waals surface area contributed by atoms with Gasteiger partial charge in [0.25, 0.3) is 0 Å². The first-order chi connectivity index (χ1) is 8.22. The summed E-state index contributed by atoms with van der Waals surface area (Å²) in [6.45, 7) is 0.183. The van der Waals surface area contributed by atoms with E-state index < -0.39 is 6.10 Å². The first-order valence-corrected chi connectivity index (χ1v) is 6.43. The zero-order chi connectivity index (χ0) is 12.3. The Morgan fingerprint density at radius 2 is 1.94 bits per heavy atom. The van der Waals surface area contributed by atoms with Crippen LogP contribution in [0, 0.1) is 0 Å². The molecule has 2 rings (SSSR count). The van der Waals surface area contributed by atoms with E-state index in [1.54, 1.807) is 6.07 Å². The highest BCUT2D eigenvalue weighted by molar-refractivity contribution is 5.39. The van der Waals surface area contributed by atoms with Crippen molar-refractivity contribution in [2.24, 2.45) is 5.73 Å². The van der Waals surface area contributed by atoms with Crippen LogP contribution in [0.5, 0.6) is 5.75 Å². The second-order valence-corrected chi connectivity index (χ2v) is 4.90. The van der Waals surface area contributed by atoms with E-state index in [0.29, 0.717) is 17.2 Å². The standard InChI is InChI=1S/C14H21NO2/c15-9-14(17)11-6-7-12(13(16)8-11)10-4-2-1-3-5-10/h6-8,10,14,16-17H,1-5,9,15H2. The third kappa shape index (κ3) is 2.79. The number of hydrogen-bond acceptors (Lipinski definition) is 3. The molecule has 1 saturated carbocycles. The van der Waals surface area contributed by atoms with Gasteiger partial charge in [0.2, 0.25) is 0 Å². The van der Waals surface area contributed by atoms with Crippen LogP contribution < -0.4 is 5.73 Å². The fourth-order valence-electron chi connectivity index (χ4n) is 2.66. The summed E-state index contributed by atoms with van der Waals surface area (Å²) in [6, 6.07) is 5.47. The highest BCUT2D eigenvalue weighted by Crippen LogP contribution is 2.37. The Morgan fingerprint density at radius 1 is 1.24 bits per heavy atom. The molecule has 0 heterocycles. The molecule has 0 amide bonds. The van der Waals surface area contributed by atoms with Gasteiger partial charge >= 0.3 is 0 Å². The molecule has 1 aliphatic rings. The van der Waals surface area contributed by atoms with Crippen molar-refractivity contribution >= 4 is 0 Å². The minimum absolute atomic E-state index is 0.183. The summed E-state index contributed by atoms with van der Waals surface area (Å²) in [6.07, 6.45) is 5.44. The third-order valence-corrected chi connectivity index (χ3v) is 3.71. The molecule has 0 bridgehead atoms. The number of benzene rings is 1. The molecule has 4 N–H and O–H groups in total. The van der Waals surface area contributed by atoms with Crippen LogP contribution in [0.4, 0.5) is 0 Å². The summed E-state index contributed by atoms with van der Waals surface area (Å²) < 4.78 is 0. The van der Waals surface area contributed by atoms with E-state index in [0.717, 1.165) is 18.4 Å². The molecule has 1 aliphatic carbocycles. The van der Waals surface area contributed by atoms with Crippen LogP contribution in [-0.4, -0.2) is 16.8 Å². The molecule has 0 spiro atoms. The zero-order valence-corrected chi connectivity index (χ0v) is 10.1. The van der Waals surface area contributed by atoms with Crippen molar-refractivity contribution in [1.29, 1.82) is 0 Å². The highest BCUT2D eigenvalue weighted by atomic mass is 16.3. The highest BCUT2D eigenvalue weighted by Gasteiger charge is 2.19. The van der Waals surface area contributed by atoms with Crippen LogP contribution in [0.1, 0.15) is 55.3 Å². The molecule has 94 valence electrons. The first kappa shape index (κ1) is 12.4. The van der Waals surface area contributed by atoms with Gasteiger partial charge in [0.05, 0.1) is 6.10 Å². The summed E-state index contributed by atoms with van der Waals surface area (Å²) in [4.78, 5) is 0. The van der Waals surface area contributed by atoms with Gasteiger partial charge in [-0.1, -0.05) is 31.4 Å². The van der Waals surface area contributed by atoms with Gasteiger partial charge in [-0.25, -0.2) is 0 Å². The number of aromatic hydroxyl groups is 1. The Morgan fingerprint density at radius 3 is 2.53 bits per heavy atom. The third-order valence-electron chi connectivity index (χ3n) is 3.71. The average Bonchev–Trinajstić information content (AvgIpc) is 2.38. The maximum Gasteiger partial charge on any atom is 0.119 e. The van der Waals surface area contributed by atoms with Gasteiger partial charge in [-0.2, -0.15) is 0 Å². The van der Waals surface area contributed by atoms with Crippen molar-refractivity contribution in [3.8, 4) is 5.75 Å². The number of phenols is 1. The fraction of sp³-hybridized carbons (Fsp3) is 0.571. The number of hydrogen-bond donors (Lipinski definition) is 3. The van der Waals surface area contributed by atoms with Gasteiger partial charge in [0, 0.05) is 6.54 Å². The van der Waals surface area contributed by atoms with Crippen LogP contribution in [0.2, 0.25) is 0 Å². The van der Waals surface area contributed by atoms with E-state index in [-0.39, 0.29) is 6.54 Å². The second kappa shape index (κ2) is 5.52. The van der Waals surface area contributed by atoms with Gasteiger partial charge in [0.15, 0.2) is 0 Å². The molecule has 1 aromatic rings. The molecule has 0 aromatic heterocycles. The van der Waals surface area contributed by atoms with Crippen LogP contribution in [0.25, 0.3) is 0 Å². The smallest absolute Gasteiger partial charge is 0.119 e. The van der Waals surface area contributed by atoms with Crippen LogP contribution in [0.15, 0.2) is 18.2 Å². The van der Waals surface area contributed by atoms with E-state index in [1.807, 2.05) is 12.1 Å². The number of nitrogens with two attached hydrogens (primary N) is 1. The van der Waals surface area contributed by atoms with Crippen molar-refractivity contribution in [2.45, 2.75) is 44.1 Å². The maximum atomic E-state index is 10.0. The lowest BCUT2D eigenvalue weighted by atomic mass is 9.83. The normalized spacial score (nSPS) is 19.2. The Kier molecular flexibility index (Phi) is 4.02. The molecule has 3 heteroatoms. The summed E-state index contributed by atoms with van der Waals surface area (Å²) >= 11 is 0. The van der Waals surface area contributed by atoms with Crippen molar-refractivity contribution < 1.29 is 10.2 Å². The van der Waals surface area contributed by atoms with Gasteiger partial charge < -0.3 is 15.9 Å². The van der Waals surface area contributed by atoms with E-state index in [4.69, 9.17) is 5.73 Å². The summed E-state index contributed by atoms with van der Waals surface area (Å²) in [5.41, 5.74) is 7.13. The number of rotatable bonds is 3. The van der Waals surface area contributed by atoms with Crippen LogP contribution >= 0.6 is 0 Å². The summed E-state index contributed by atoms with van der Waals surface area (Å²) in [7, 11) is 0. The lowest BCUT2D eigenvalue weighted by Crippen LogP contribution is -2.12.